The van der Waals surface area contributed by atoms with Crippen LogP contribution in [0.2, 0.25) is 0 Å². The van der Waals surface area contributed by atoms with E-state index in [1.54, 1.807) is 12.1 Å². The number of carboxylic acids is 1. The van der Waals surface area contributed by atoms with Crippen LogP contribution < -0.4 is 5.32 Å². The summed E-state index contributed by atoms with van der Waals surface area (Å²) in [6, 6.07) is 7.96. The number of carbonyl (C=O) groups is 1. The lowest BCUT2D eigenvalue weighted by Gasteiger charge is -2.22. The van der Waals surface area contributed by atoms with Gasteiger partial charge in [0.15, 0.2) is 0 Å². The van der Waals surface area contributed by atoms with Crippen LogP contribution in [0.4, 0.5) is 0 Å². The average molecular weight is 285 g/mol. The van der Waals surface area contributed by atoms with E-state index in [1.807, 2.05) is 30.9 Å². The molecule has 0 saturated heterocycles. The highest BCUT2D eigenvalue weighted by molar-refractivity contribution is 5.87. The van der Waals surface area contributed by atoms with Gasteiger partial charge in [0.2, 0.25) is 0 Å². The van der Waals surface area contributed by atoms with Gasteiger partial charge in [0, 0.05) is 31.0 Å². The molecule has 0 amide bonds. The van der Waals surface area contributed by atoms with Gasteiger partial charge >= 0.3 is 5.97 Å². The molecule has 1 aliphatic rings. The second-order valence-corrected chi connectivity index (χ2v) is 5.50. The fourth-order valence-electron chi connectivity index (χ4n) is 3.02. The SMILES string of the molecule is O=C(O)c1ccc(CNC2CCCC2n2ccnc2)cc1. The number of nitrogens with one attached hydrogen (secondary N) is 1. The molecule has 5 nitrogen and oxygen atoms in total. The first-order chi connectivity index (χ1) is 10.2. The van der Waals surface area contributed by atoms with Crippen molar-refractivity contribution >= 4 is 5.97 Å². The highest BCUT2D eigenvalue weighted by atomic mass is 16.4. The van der Waals surface area contributed by atoms with Crippen molar-refractivity contribution in [2.45, 2.75) is 37.9 Å². The first-order valence-electron chi connectivity index (χ1n) is 7.27. The molecular formula is C16H19N3O2. The number of imidazole rings is 1. The second kappa shape index (κ2) is 6.10. The Bertz CT molecular complexity index is 592. The average Bonchev–Trinajstić information content (AvgIpc) is 3.16. The molecule has 5 heteroatoms. The number of carboxylic acid groups (broad SMARTS) is 1. The van der Waals surface area contributed by atoms with Gasteiger partial charge in [0.1, 0.15) is 0 Å². The van der Waals surface area contributed by atoms with Crippen molar-refractivity contribution in [1.82, 2.24) is 14.9 Å². The van der Waals surface area contributed by atoms with Crippen LogP contribution in [0.1, 0.15) is 41.2 Å². The molecule has 1 aromatic carbocycles. The third-order valence-electron chi connectivity index (χ3n) is 4.16. The third kappa shape index (κ3) is 3.13. The van der Waals surface area contributed by atoms with Crippen molar-refractivity contribution in [2.75, 3.05) is 0 Å². The summed E-state index contributed by atoms with van der Waals surface area (Å²) < 4.78 is 2.18. The Balaban J connectivity index is 1.60. The molecule has 1 aromatic heterocycles. The van der Waals surface area contributed by atoms with Crippen LogP contribution >= 0.6 is 0 Å². The van der Waals surface area contributed by atoms with Gasteiger partial charge in [-0.05, 0) is 37.0 Å². The van der Waals surface area contributed by atoms with Crippen LogP contribution in [0.3, 0.4) is 0 Å². The molecule has 1 heterocycles. The lowest BCUT2D eigenvalue weighted by molar-refractivity contribution is 0.0697. The summed E-state index contributed by atoms with van der Waals surface area (Å²) in [6.45, 7) is 0.760. The lowest BCUT2D eigenvalue weighted by Crippen LogP contribution is -2.33. The molecule has 21 heavy (non-hydrogen) atoms. The Kier molecular flexibility index (Phi) is 4.01. The highest BCUT2D eigenvalue weighted by Gasteiger charge is 2.27. The minimum absolute atomic E-state index is 0.330. The Morgan fingerprint density at radius 3 is 2.81 bits per heavy atom. The maximum Gasteiger partial charge on any atom is 0.335 e. The van der Waals surface area contributed by atoms with Gasteiger partial charge in [-0.25, -0.2) is 9.78 Å². The molecule has 0 radical (unpaired) electrons. The lowest BCUT2D eigenvalue weighted by atomic mass is 10.1. The van der Waals surface area contributed by atoms with Gasteiger partial charge in [0.05, 0.1) is 11.9 Å². The topological polar surface area (TPSA) is 67.2 Å². The predicted octanol–water partition coefficient (Wildman–Crippen LogP) is 2.46. The third-order valence-corrected chi connectivity index (χ3v) is 4.16. The normalized spacial score (nSPS) is 21.5. The van der Waals surface area contributed by atoms with Gasteiger partial charge in [-0.2, -0.15) is 0 Å². The summed E-state index contributed by atoms with van der Waals surface area (Å²) >= 11 is 0. The molecule has 0 spiro atoms. The number of aromatic carboxylic acids is 1. The van der Waals surface area contributed by atoms with E-state index in [0.717, 1.165) is 18.5 Å². The number of nitrogens with zero attached hydrogens (tertiary/aromatic N) is 2. The van der Waals surface area contributed by atoms with Crippen LogP contribution in [-0.4, -0.2) is 26.7 Å². The molecule has 1 aliphatic carbocycles. The minimum atomic E-state index is -0.884. The first-order valence-corrected chi connectivity index (χ1v) is 7.27. The fourth-order valence-corrected chi connectivity index (χ4v) is 3.02. The van der Waals surface area contributed by atoms with Crippen LogP contribution in [-0.2, 0) is 6.54 Å². The van der Waals surface area contributed by atoms with Gasteiger partial charge in [-0.15, -0.1) is 0 Å². The zero-order chi connectivity index (χ0) is 14.7. The maximum atomic E-state index is 10.8. The zero-order valence-electron chi connectivity index (χ0n) is 11.8. The zero-order valence-corrected chi connectivity index (χ0v) is 11.8. The van der Waals surface area contributed by atoms with Crippen LogP contribution in [0, 0.1) is 0 Å². The van der Waals surface area contributed by atoms with E-state index in [-0.39, 0.29) is 0 Å². The number of hydrogen-bond donors (Lipinski definition) is 2. The van der Waals surface area contributed by atoms with Crippen molar-refractivity contribution in [3.05, 3.63) is 54.1 Å². The number of benzene rings is 1. The smallest absolute Gasteiger partial charge is 0.335 e. The van der Waals surface area contributed by atoms with Crippen molar-refractivity contribution in [3.63, 3.8) is 0 Å². The van der Waals surface area contributed by atoms with E-state index in [4.69, 9.17) is 5.11 Å². The molecular weight excluding hydrogens is 266 g/mol. The minimum Gasteiger partial charge on any atom is -0.478 e. The second-order valence-electron chi connectivity index (χ2n) is 5.50. The fraction of sp³-hybridized carbons (Fsp3) is 0.375. The molecule has 0 bridgehead atoms. The predicted molar refractivity (Wildman–Crippen MR) is 79.1 cm³/mol. The molecule has 1 fully saturated rings. The van der Waals surface area contributed by atoms with Gasteiger partial charge in [-0.3, -0.25) is 0 Å². The van der Waals surface area contributed by atoms with E-state index in [2.05, 4.69) is 14.9 Å². The molecule has 2 N–H and O–H groups in total. The monoisotopic (exact) mass is 285 g/mol. The van der Waals surface area contributed by atoms with Crippen molar-refractivity contribution in [2.24, 2.45) is 0 Å². The van der Waals surface area contributed by atoms with Gasteiger partial charge in [0.25, 0.3) is 0 Å². The van der Waals surface area contributed by atoms with Crippen molar-refractivity contribution in [3.8, 4) is 0 Å². The number of hydrogen-bond acceptors (Lipinski definition) is 3. The molecule has 2 aromatic rings. The number of rotatable bonds is 5. The summed E-state index contributed by atoms with van der Waals surface area (Å²) in [6.07, 6.45) is 9.28. The Morgan fingerprint density at radius 2 is 2.14 bits per heavy atom. The van der Waals surface area contributed by atoms with Crippen molar-refractivity contribution in [1.29, 1.82) is 0 Å². The molecule has 0 aliphatic heterocycles. The summed E-state index contributed by atoms with van der Waals surface area (Å²) in [7, 11) is 0. The standard InChI is InChI=1S/C16H19N3O2/c20-16(21)13-6-4-12(5-7-13)10-18-14-2-1-3-15(14)19-9-8-17-11-19/h4-9,11,14-15,18H,1-3,10H2,(H,20,21). The van der Waals surface area contributed by atoms with E-state index in [1.165, 1.54) is 12.8 Å². The van der Waals surface area contributed by atoms with E-state index in [0.29, 0.717) is 17.6 Å². The highest BCUT2D eigenvalue weighted by Crippen LogP contribution is 2.30. The van der Waals surface area contributed by atoms with Gasteiger partial charge < -0.3 is 15.0 Å². The molecule has 2 unspecified atom stereocenters. The van der Waals surface area contributed by atoms with Gasteiger partial charge in [-0.1, -0.05) is 12.1 Å². The maximum absolute atomic E-state index is 10.8. The molecule has 2 atom stereocenters. The molecule has 3 rings (SSSR count). The summed E-state index contributed by atoms with van der Waals surface area (Å²) in [5, 5.41) is 12.5. The first kappa shape index (κ1) is 13.8. The summed E-state index contributed by atoms with van der Waals surface area (Å²) in [5.74, 6) is -0.884. The van der Waals surface area contributed by atoms with E-state index < -0.39 is 5.97 Å². The summed E-state index contributed by atoms with van der Waals surface area (Å²) in [4.78, 5) is 15.0. The Labute approximate surface area is 123 Å². The van der Waals surface area contributed by atoms with E-state index >= 15 is 0 Å². The van der Waals surface area contributed by atoms with Crippen LogP contribution in [0.15, 0.2) is 43.0 Å². The van der Waals surface area contributed by atoms with Crippen LogP contribution in [0.5, 0.6) is 0 Å². The Morgan fingerprint density at radius 1 is 1.33 bits per heavy atom. The quantitative estimate of drug-likeness (QED) is 0.885. The molecule has 1 saturated carbocycles. The summed E-state index contributed by atoms with van der Waals surface area (Å²) in [5.41, 5.74) is 1.44. The largest absolute Gasteiger partial charge is 0.478 e. The van der Waals surface area contributed by atoms with Crippen molar-refractivity contribution < 1.29 is 9.90 Å². The molecule has 110 valence electrons. The number of aromatic nitrogens is 2. The van der Waals surface area contributed by atoms with Crippen LogP contribution in [0.25, 0.3) is 0 Å². The Hall–Kier alpha value is -2.14. The van der Waals surface area contributed by atoms with E-state index in [9.17, 15) is 4.79 Å².